The first kappa shape index (κ1) is 49.4. The fourth-order valence-electron chi connectivity index (χ4n) is 6.59. The molecule has 0 aliphatic rings. The first-order valence-corrected chi connectivity index (χ1v) is 22.4. The van der Waals surface area contributed by atoms with Crippen molar-refractivity contribution in [2.45, 2.75) is 252 Å². The molecule has 0 bridgehead atoms. The smallest absolute Gasteiger partial charge is 0.306 e. The summed E-state index contributed by atoms with van der Waals surface area (Å²) in [5, 5.41) is 0. The first-order chi connectivity index (χ1) is 24.9. The molecule has 0 amide bonds. The van der Waals surface area contributed by atoms with Gasteiger partial charge in [-0.1, -0.05) is 207 Å². The van der Waals surface area contributed by atoms with Crippen molar-refractivity contribution in [3.63, 3.8) is 0 Å². The summed E-state index contributed by atoms with van der Waals surface area (Å²) in [4.78, 5) is 37.6. The number of hydrogen-bond acceptors (Lipinski definition) is 6. The number of carbonyl (C=O) groups is 3. The average molecular weight is 723 g/mol. The quantitative estimate of drug-likeness (QED) is 0.0356. The minimum absolute atomic E-state index is 0.0642. The molecule has 51 heavy (non-hydrogen) atoms. The van der Waals surface area contributed by atoms with Gasteiger partial charge in [-0.25, -0.2) is 0 Å². The molecule has 1 unspecified atom stereocenters. The second-order valence-corrected chi connectivity index (χ2v) is 15.6. The summed E-state index contributed by atoms with van der Waals surface area (Å²) in [5.74, 6) is 0.00846. The molecule has 0 saturated heterocycles. The Morgan fingerprint density at radius 1 is 0.392 bits per heavy atom. The van der Waals surface area contributed by atoms with Gasteiger partial charge in [-0.05, 0) is 25.2 Å². The summed E-state index contributed by atoms with van der Waals surface area (Å²) in [6.07, 6.45) is 37.9. The average Bonchev–Trinajstić information content (AvgIpc) is 3.13. The summed E-state index contributed by atoms with van der Waals surface area (Å²) in [7, 11) is 0. The van der Waals surface area contributed by atoms with Gasteiger partial charge >= 0.3 is 17.9 Å². The van der Waals surface area contributed by atoms with Crippen molar-refractivity contribution >= 4 is 17.9 Å². The molecule has 0 aliphatic heterocycles. The van der Waals surface area contributed by atoms with E-state index in [1.54, 1.807) is 0 Å². The molecule has 2 atom stereocenters. The van der Waals surface area contributed by atoms with Gasteiger partial charge in [0.05, 0.1) is 0 Å². The lowest BCUT2D eigenvalue weighted by Gasteiger charge is -2.18. The summed E-state index contributed by atoms with van der Waals surface area (Å²) in [5.41, 5.74) is 0. The van der Waals surface area contributed by atoms with Crippen LogP contribution in [0.15, 0.2) is 0 Å². The molecule has 0 aliphatic carbocycles. The molecule has 0 aromatic heterocycles. The highest BCUT2D eigenvalue weighted by Gasteiger charge is 2.19. The molecule has 0 rings (SSSR count). The van der Waals surface area contributed by atoms with E-state index in [-0.39, 0.29) is 31.1 Å². The summed E-state index contributed by atoms with van der Waals surface area (Å²) in [6.45, 7) is 8.99. The normalized spacial score (nSPS) is 12.5. The Morgan fingerprint density at radius 3 is 1.02 bits per heavy atom. The minimum atomic E-state index is -0.758. The second-order valence-electron chi connectivity index (χ2n) is 15.6. The van der Waals surface area contributed by atoms with Crippen molar-refractivity contribution in [3.8, 4) is 0 Å². The molecular formula is C45H86O6. The van der Waals surface area contributed by atoms with Gasteiger partial charge in [0.1, 0.15) is 13.2 Å². The molecule has 0 heterocycles. The molecular weight excluding hydrogens is 636 g/mol. The number of unbranched alkanes of at least 4 members (excludes halogenated alkanes) is 26. The zero-order valence-electron chi connectivity index (χ0n) is 34.6. The molecule has 0 saturated carbocycles. The molecule has 302 valence electrons. The van der Waals surface area contributed by atoms with Crippen LogP contribution in [-0.4, -0.2) is 37.2 Å². The van der Waals surface area contributed by atoms with Gasteiger partial charge in [0.25, 0.3) is 0 Å². The van der Waals surface area contributed by atoms with Gasteiger partial charge in [-0.3, -0.25) is 14.4 Å². The molecule has 0 aromatic rings. The fraction of sp³-hybridized carbons (Fsp3) is 0.933. The Hall–Kier alpha value is -1.59. The van der Waals surface area contributed by atoms with Gasteiger partial charge < -0.3 is 14.2 Å². The summed E-state index contributed by atoms with van der Waals surface area (Å²) < 4.78 is 16.7. The van der Waals surface area contributed by atoms with Gasteiger partial charge in [-0.15, -0.1) is 0 Å². The predicted molar refractivity (Wildman–Crippen MR) is 215 cm³/mol. The van der Waals surface area contributed by atoms with Crippen LogP contribution in [0.5, 0.6) is 0 Å². The Labute approximate surface area is 317 Å². The van der Waals surface area contributed by atoms with E-state index in [9.17, 15) is 14.4 Å². The van der Waals surface area contributed by atoms with Gasteiger partial charge in [0, 0.05) is 19.3 Å². The summed E-state index contributed by atoms with van der Waals surface area (Å²) >= 11 is 0. The van der Waals surface area contributed by atoms with E-state index in [0.29, 0.717) is 19.3 Å². The zero-order chi connectivity index (χ0) is 37.5. The fourth-order valence-corrected chi connectivity index (χ4v) is 6.59. The van der Waals surface area contributed by atoms with Crippen molar-refractivity contribution in [2.24, 2.45) is 5.92 Å². The summed E-state index contributed by atoms with van der Waals surface area (Å²) in [6, 6.07) is 0. The van der Waals surface area contributed by atoms with Crippen LogP contribution in [0.25, 0.3) is 0 Å². The molecule has 0 N–H and O–H groups in total. The number of esters is 3. The molecule has 0 spiro atoms. The van der Waals surface area contributed by atoms with E-state index in [1.807, 2.05) is 0 Å². The van der Waals surface area contributed by atoms with E-state index in [1.165, 1.54) is 141 Å². The van der Waals surface area contributed by atoms with Gasteiger partial charge in [-0.2, -0.15) is 0 Å². The van der Waals surface area contributed by atoms with E-state index >= 15 is 0 Å². The first-order valence-electron chi connectivity index (χ1n) is 22.4. The van der Waals surface area contributed by atoms with E-state index in [2.05, 4.69) is 27.7 Å². The van der Waals surface area contributed by atoms with Crippen molar-refractivity contribution in [1.29, 1.82) is 0 Å². The number of hydrogen-bond donors (Lipinski definition) is 0. The Morgan fingerprint density at radius 2 is 0.686 bits per heavy atom. The Bertz CT molecular complexity index is 768. The van der Waals surface area contributed by atoms with Crippen LogP contribution in [0.3, 0.4) is 0 Å². The number of rotatable bonds is 40. The van der Waals surface area contributed by atoms with E-state index < -0.39 is 6.10 Å². The predicted octanol–water partition coefficient (Wildman–Crippen LogP) is 13.9. The molecule has 6 heteroatoms. The Balaban J connectivity index is 4.32. The number of carbonyl (C=O) groups excluding carboxylic acids is 3. The maximum atomic E-state index is 12.7. The highest BCUT2D eigenvalue weighted by molar-refractivity contribution is 5.71. The lowest BCUT2D eigenvalue weighted by molar-refractivity contribution is -0.167. The zero-order valence-corrected chi connectivity index (χ0v) is 34.6. The van der Waals surface area contributed by atoms with Gasteiger partial charge in [0.15, 0.2) is 6.10 Å². The van der Waals surface area contributed by atoms with Crippen LogP contribution < -0.4 is 0 Å². The van der Waals surface area contributed by atoms with Crippen LogP contribution >= 0.6 is 0 Å². The topological polar surface area (TPSA) is 78.9 Å². The van der Waals surface area contributed by atoms with Gasteiger partial charge in [0.2, 0.25) is 0 Å². The SMILES string of the molecule is CCCCCCCCCCCCC(=O)OC[C@H](COC(=O)CCCCCCCCCCC)OC(=O)CCCCCCCCCCCCC(C)CC. The maximum absolute atomic E-state index is 12.7. The van der Waals surface area contributed by atoms with Crippen LogP contribution in [0.1, 0.15) is 246 Å². The molecule has 6 nitrogen and oxygen atoms in total. The van der Waals surface area contributed by atoms with Crippen molar-refractivity contribution < 1.29 is 28.6 Å². The highest BCUT2D eigenvalue weighted by Crippen LogP contribution is 2.17. The largest absolute Gasteiger partial charge is 0.462 e. The van der Waals surface area contributed by atoms with Crippen LogP contribution in [0, 0.1) is 5.92 Å². The van der Waals surface area contributed by atoms with Crippen molar-refractivity contribution in [2.75, 3.05) is 13.2 Å². The third-order valence-corrected chi connectivity index (χ3v) is 10.4. The molecule has 0 radical (unpaired) electrons. The lowest BCUT2D eigenvalue weighted by Crippen LogP contribution is -2.30. The van der Waals surface area contributed by atoms with Crippen molar-refractivity contribution in [1.82, 2.24) is 0 Å². The second kappa shape index (κ2) is 39.6. The Kier molecular flexibility index (Phi) is 38.4. The van der Waals surface area contributed by atoms with Crippen LogP contribution in [-0.2, 0) is 28.6 Å². The third-order valence-electron chi connectivity index (χ3n) is 10.4. The minimum Gasteiger partial charge on any atom is -0.462 e. The van der Waals surface area contributed by atoms with Crippen LogP contribution in [0.2, 0.25) is 0 Å². The van der Waals surface area contributed by atoms with Crippen LogP contribution in [0.4, 0.5) is 0 Å². The third kappa shape index (κ3) is 38.0. The standard InChI is InChI=1S/C45H86O6/c1-5-8-10-12-14-16-21-25-29-33-37-44(47)50-40-42(39-49-43(46)36-32-28-24-19-15-13-11-9-6-2)51-45(48)38-34-30-26-22-18-17-20-23-27-31-35-41(4)7-3/h41-42H,5-40H2,1-4H3/t41?,42-/m0/s1. The monoisotopic (exact) mass is 723 g/mol. The lowest BCUT2D eigenvalue weighted by atomic mass is 9.99. The highest BCUT2D eigenvalue weighted by atomic mass is 16.6. The van der Waals surface area contributed by atoms with E-state index in [0.717, 1.165) is 63.7 Å². The maximum Gasteiger partial charge on any atom is 0.306 e. The molecule has 0 aromatic carbocycles. The molecule has 0 fully saturated rings. The van der Waals surface area contributed by atoms with E-state index in [4.69, 9.17) is 14.2 Å². The number of ether oxygens (including phenoxy) is 3. The van der Waals surface area contributed by atoms with Crippen molar-refractivity contribution in [3.05, 3.63) is 0 Å².